The number of amides is 1. The van der Waals surface area contributed by atoms with Crippen LogP contribution in [0.15, 0.2) is 18.2 Å². The molecule has 1 atom stereocenters. The highest BCUT2D eigenvalue weighted by atomic mass is 16.5. The standard InChI is InChI=1S/C11H11N3O2/c12-4-3-8(13)7-1-2-10-9(5-7)14-11(15)6-16-10/h1-2,5,8H,3,6,13H2,(H,14,15). The molecule has 1 heterocycles. The van der Waals surface area contributed by atoms with Crippen molar-refractivity contribution in [3.05, 3.63) is 23.8 Å². The van der Waals surface area contributed by atoms with Gasteiger partial charge in [0, 0.05) is 6.04 Å². The van der Waals surface area contributed by atoms with Gasteiger partial charge in [0.15, 0.2) is 6.61 Å². The fourth-order valence-electron chi connectivity index (χ4n) is 1.55. The van der Waals surface area contributed by atoms with E-state index in [9.17, 15) is 4.79 Å². The van der Waals surface area contributed by atoms with Crippen LogP contribution in [-0.4, -0.2) is 12.5 Å². The van der Waals surface area contributed by atoms with Crippen molar-refractivity contribution in [3.8, 4) is 11.8 Å². The normalized spacial score (nSPS) is 15.4. The number of fused-ring (bicyclic) bond motifs is 1. The van der Waals surface area contributed by atoms with E-state index in [1.54, 1.807) is 18.2 Å². The van der Waals surface area contributed by atoms with Crippen LogP contribution in [0.2, 0.25) is 0 Å². The molecule has 1 aromatic carbocycles. The number of carbonyl (C=O) groups is 1. The van der Waals surface area contributed by atoms with Gasteiger partial charge in [0.05, 0.1) is 18.2 Å². The summed E-state index contributed by atoms with van der Waals surface area (Å²) in [5, 5.41) is 11.2. The third-order valence-electron chi connectivity index (χ3n) is 2.38. The van der Waals surface area contributed by atoms with E-state index in [1.807, 2.05) is 6.07 Å². The van der Waals surface area contributed by atoms with Crippen molar-refractivity contribution in [3.63, 3.8) is 0 Å². The smallest absolute Gasteiger partial charge is 0.262 e. The Morgan fingerprint density at radius 1 is 1.62 bits per heavy atom. The maximum atomic E-state index is 11.1. The van der Waals surface area contributed by atoms with Gasteiger partial charge in [0.25, 0.3) is 5.91 Å². The van der Waals surface area contributed by atoms with E-state index >= 15 is 0 Å². The molecule has 1 aliphatic rings. The molecule has 0 radical (unpaired) electrons. The number of anilines is 1. The summed E-state index contributed by atoms with van der Waals surface area (Å²) in [6.07, 6.45) is 0.244. The molecule has 3 N–H and O–H groups in total. The van der Waals surface area contributed by atoms with E-state index in [-0.39, 0.29) is 25.0 Å². The second-order valence-corrected chi connectivity index (χ2v) is 3.56. The van der Waals surface area contributed by atoms with E-state index < -0.39 is 0 Å². The van der Waals surface area contributed by atoms with Gasteiger partial charge in [-0.3, -0.25) is 4.79 Å². The lowest BCUT2D eigenvalue weighted by Crippen LogP contribution is -2.25. The Bertz CT molecular complexity index is 465. The molecule has 0 aromatic heterocycles. The molecule has 0 bridgehead atoms. The van der Waals surface area contributed by atoms with Crippen LogP contribution in [0.1, 0.15) is 18.0 Å². The Morgan fingerprint density at radius 2 is 2.44 bits per heavy atom. The van der Waals surface area contributed by atoms with E-state index in [0.717, 1.165) is 5.56 Å². The second-order valence-electron chi connectivity index (χ2n) is 3.56. The molecule has 0 spiro atoms. The van der Waals surface area contributed by atoms with Crippen LogP contribution in [0.25, 0.3) is 0 Å². The Labute approximate surface area is 92.8 Å². The van der Waals surface area contributed by atoms with Crippen LogP contribution in [0.4, 0.5) is 5.69 Å². The highest BCUT2D eigenvalue weighted by molar-refractivity contribution is 5.95. The minimum atomic E-state index is -0.339. The molecule has 2 rings (SSSR count). The summed E-state index contributed by atoms with van der Waals surface area (Å²) in [6.45, 7) is 0.0383. The largest absolute Gasteiger partial charge is 0.482 e. The Balaban J connectivity index is 2.28. The minimum Gasteiger partial charge on any atom is -0.482 e. The van der Waals surface area contributed by atoms with Gasteiger partial charge in [0.1, 0.15) is 5.75 Å². The molecule has 1 aliphatic heterocycles. The van der Waals surface area contributed by atoms with Gasteiger partial charge in [-0.2, -0.15) is 5.26 Å². The molecular weight excluding hydrogens is 206 g/mol. The van der Waals surface area contributed by atoms with Crippen molar-refractivity contribution in [2.45, 2.75) is 12.5 Å². The molecule has 0 saturated heterocycles. The molecule has 1 amide bonds. The first-order valence-electron chi connectivity index (χ1n) is 4.90. The molecular formula is C11H11N3O2. The van der Waals surface area contributed by atoms with Crippen LogP contribution in [-0.2, 0) is 4.79 Å². The van der Waals surface area contributed by atoms with E-state index in [4.69, 9.17) is 15.7 Å². The minimum absolute atomic E-state index is 0.0383. The van der Waals surface area contributed by atoms with Crippen molar-refractivity contribution in [1.29, 1.82) is 5.26 Å². The molecule has 0 saturated carbocycles. The van der Waals surface area contributed by atoms with E-state index in [1.165, 1.54) is 0 Å². The number of hydrogen-bond acceptors (Lipinski definition) is 4. The number of carbonyl (C=O) groups excluding carboxylic acids is 1. The Kier molecular flexibility index (Phi) is 2.75. The van der Waals surface area contributed by atoms with Crippen molar-refractivity contribution in [2.75, 3.05) is 11.9 Å². The summed E-state index contributed by atoms with van der Waals surface area (Å²) < 4.78 is 5.21. The molecule has 16 heavy (non-hydrogen) atoms. The van der Waals surface area contributed by atoms with E-state index in [0.29, 0.717) is 11.4 Å². The average molecular weight is 217 g/mol. The zero-order valence-electron chi connectivity index (χ0n) is 8.56. The lowest BCUT2D eigenvalue weighted by Gasteiger charge is -2.19. The quantitative estimate of drug-likeness (QED) is 0.771. The molecule has 5 heteroatoms. The van der Waals surface area contributed by atoms with Crippen LogP contribution >= 0.6 is 0 Å². The van der Waals surface area contributed by atoms with Gasteiger partial charge in [-0.25, -0.2) is 0 Å². The number of nitrogens with zero attached hydrogens (tertiary/aromatic N) is 1. The third-order valence-corrected chi connectivity index (χ3v) is 2.38. The van der Waals surface area contributed by atoms with Crippen molar-refractivity contribution in [1.82, 2.24) is 0 Å². The first-order valence-corrected chi connectivity index (χ1v) is 4.90. The first kappa shape index (κ1) is 10.5. The summed E-state index contributed by atoms with van der Waals surface area (Å²) >= 11 is 0. The number of rotatable bonds is 2. The predicted molar refractivity (Wildman–Crippen MR) is 57.7 cm³/mol. The number of benzene rings is 1. The summed E-state index contributed by atoms with van der Waals surface area (Å²) in [7, 11) is 0. The fraction of sp³-hybridized carbons (Fsp3) is 0.273. The van der Waals surface area contributed by atoms with Gasteiger partial charge >= 0.3 is 0 Å². The van der Waals surface area contributed by atoms with Crippen molar-refractivity contribution in [2.24, 2.45) is 5.73 Å². The molecule has 0 aliphatic carbocycles. The number of nitrogens with one attached hydrogen (secondary N) is 1. The van der Waals surface area contributed by atoms with Crippen LogP contribution in [0.3, 0.4) is 0 Å². The Hall–Kier alpha value is -2.06. The number of nitrogens with two attached hydrogens (primary N) is 1. The highest BCUT2D eigenvalue weighted by Gasteiger charge is 2.17. The SMILES string of the molecule is N#CCC(N)c1ccc2c(c1)NC(=O)CO2. The van der Waals surface area contributed by atoms with Crippen LogP contribution < -0.4 is 15.8 Å². The lowest BCUT2D eigenvalue weighted by atomic mass is 10.0. The second kappa shape index (κ2) is 4.21. The third kappa shape index (κ3) is 1.97. The number of nitriles is 1. The van der Waals surface area contributed by atoms with Crippen LogP contribution in [0.5, 0.6) is 5.75 Å². The molecule has 82 valence electrons. The zero-order chi connectivity index (χ0) is 11.5. The average Bonchev–Trinajstić information content (AvgIpc) is 2.28. The van der Waals surface area contributed by atoms with Gasteiger partial charge in [-0.05, 0) is 17.7 Å². The fourth-order valence-corrected chi connectivity index (χ4v) is 1.55. The van der Waals surface area contributed by atoms with Gasteiger partial charge in [0.2, 0.25) is 0 Å². The summed E-state index contributed by atoms with van der Waals surface area (Å²) in [5.41, 5.74) is 7.22. The lowest BCUT2D eigenvalue weighted by molar-refractivity contribution is -0.118. The maximum absolute atomic E-state index is 11.1. The monoisotopic (exact) mass is 217 g/mol. The Morgan fingerprint density at radius 3 is 3.19 bits per heavy atom. The van der Waals surface area contributed by atoms with Crippen molar-refractivity contribution >= 4 is 11.6 Å². The summed E-state index contributed by atoms with van der Waals surface area (Å²) in [4.78, 5) is 11.1. The summed E-state index contributed by atoms with van der Waals surface area (Å²) in [6, 6.07) is 6.97. The molecule has 1 unspecified atom stereocenters. The van der Waals surface area contributed by atoms with E-state index in [2.05, 4.69) is 5.32 Å². The predicted octanol–water partition coefficient (Wildman–Crippen LogP) is 0.931. The first-order chi connectivity index (χ1) is 7.70. The maximum Gasteiger partial charge on any atom is 0.262 e. The highest BCUT2D eigenvalue weighted by Crippen LogP contribution is 2.30. The number of ether oxygens (including phenoxy) is 1. The molecule has 5 nitrogen and oxygen atoms in total. The molecule has 0 fully saturated rings. The topological polar surface area (TPSA) is 88.1 Å². The summed E-state index contributed by atoms with van der Waals surface area (Å²) in [5.74, 6) is 0.450. The van der Waals surface area contributed by atoms with Gasteiger partial charge < -0.3 is 15.8 Å². The van der Waals surface area contributed by atoms with Crippen molar-refractivity contribution < 1.29 is 9.53 Å². The van der Waals surface area contributed by atoms with Crippen LogP contribution in [0, 0.1) is 11.3 Å². The number of hydrogen-bond donors (Lipinski definition) is 2. The zero-order valence-corrected chi connectivity index (χ0v) is 8.56. The van der Waals surface area contributed by atoms with Gasteiger partial charge in [-0.1, -0.05) is 6.07 Å². The van der Waals surface area contributed by atoms with Gasteiger partial charge in [-0.15, -0.1) is 0 Å². The molecule has 1 aromatic rings.